The number of rotatable bonds is 5. The summed E-state index contributed by atoms with van der Waals surface area (Å²) in [7, 11) is 0. The molecule has 1 aliphatic rings. The minimum Gasteiger partial charge on any atom is -0.466 e. The average molecular weight is 397 g/mol. The summed E-state index contributed by atoms with van der Waals surface area (Å²) in [5.74, 6) is -0.352. The summed E-state index contributed by atoms with van der Waals surface area (Å²) in [5.41, 5.74) is 2.11. The number of thiophene rings is 1. The molecule has 1 amide bonds. The van der Waals surface area contributed by atoms with Crippen molar-refractivity contribution in [1.29, 1.82) is 0 Å². The van der Waals surface area contributed by atoms with Crippen LogP contribution in [0.3, 0.4) is 0 Å². The number of amides is 1. The first kappa shape index (κ1) is 18.7. The predicted octanol–water partition coefficient (Wildman–Crippen LogP) is 4.17. The van der Waals surface area contributed by atoms with Crippen molar-refractivity contribution in [1.82, 2.24) is 9.47 Å². The lowest BCUT2D eigenvalue weighted by Gasteiger charge is -2.32. The van der Waals surface area contributed by atoms with Crippen LogP contribution in [0.25, 0.3) is 21.5 Å². The van der Waals surface area contributed by atoms with E-state index in [9.17, 15) is 9.59 Å². The second-order valence-electron chi connectivity index (χ2n) is 7.08. The lowest BCUT2D eigenvalue weighted by Crippen LogP contribution is -2.44. The molecule has 1 fully saturated rings. The van der Waals surface area contributed by atoms with E-state index in [0.717, 1.165) is 34.3 Å². The molecule has 0 radical (unpaired) electrons. The summed E-state index contributed by atoms with van der Waals surface area (Å²) in [6, 6.07) is 14.4. The van der Waals surface area contributed by atoms with E-state index in [1.165, 1.54) is 0 Å². The third kappa shape index (κ3) is 3.69. The third-order valence-electron chi connectivity index (χ3n) is 5.27. The number of para-hydroxylation sites is 1. The van der Waals surface area contributed by atoms with Crippen LogP contribution in [0, 0.1) is 5.92 Å². The number of piperidine rings is 1. The van der Waals surface area contributed by atoms with Crippen molar-refractivity contribution in [2.75, 3.05) is 19.7 Å². The van der Waals surface area contributed by atoms with Crippen LogP contribution in [-0.4, -0.2) is 41.0 Å². The first-order chi connectivity index (χ1) is 13.7. The zero-order valence-electron chi connectivity index (χ0n) is 16.0. The largest absolute Gasteiger partial charge is 0.466 e. The van der Waals surface area contributed by atoms with E-state index in [4.69, 9.17) is 4.74 Å². The molecule has 3 heterocycles. The fraction of sp³-hybridized carbons (Fsp3) is 0.364. The number of ether oxygens (including phenoxy) is 1. The Labute approximate surface area is 168 Å². The first-order valence-corrected chi connectivity index (χ1v) is 10.6. The molecule has 2 aromatic heterocycles. The van der Waals surface area contributed by atoms with Crippen LogP contribution in [0.1, 0.15) is 19.8 Å². The summed E-state index contributed by atoms with van der Waals surface area (Å²) in [6.07, 6.45) is 1.62. The van der Waals surface area contributed by atoms with Crippen molar-refractivity contribution < 1.29 is 14.3 Å². The second kappa shape index (κ2) is 8.19. The van der Waals surface area contributed by atoms with Gasteiger partial charge in [0.15, 0.2) is 0 Å². The molecular weight excluding hydrogens is 372 g/mol. The van der Waals surface area contributed by atoms with E-state index in [1.807, 2.05) is 35.4 Å². The maximum absolute atomic E-state index is 13.1. The number of hydrogen-bond donors (Lipinski definition) is 0. The van der Waals surface area contributed by atoms with Gasteiger partial charge in [-0.05, 0) is 43.3 Å². The number of fused-ring (bicyclic) bond motifs is 1. The molecule has 0 bridgehead atoms. The number of carbonyl (C=O) groups is 2. The van der Waals surface area contributed by atoms with Crippen molar-refractivity contribution in [3.63, 3.8) is 0 Å². The zero-order valence-corrected chi connectivity index (χ0v) is 16.8. The van der Waals surface area contributed by atoms with E-state index in [0.29, 0.717) is 19.7 Å². The Kier molecular flexibility index (Phi) is 5.48. The Morgan fingerprint density at radius 2 is 2.07 bits per heavy atom. The standard InChI is InChI=1S/C22H24N2O3S/c1-2-27-22(26)17-8-5-11-23(14-17)21(25)15-24-18-9-4-3-7-16(18)13-19(24)20-10-6-12-28-20/h3-4,6-7,9-10,12-13,17H,2,5,8,11,14-15H2,1H3/t17-/m0/s1. The second-order valence-corrected chi connectivity index (χ2v) is 8.03. The third-order valence-corrected chi connectivity index (χ3v) is 6.16. The van der Waals surface area contributed by atoms with Crippen LogP contribution in [0.2, 0.25) is 0 Å². The highest BCUT2D eigenvalue weighted by Gasteiger charge is 2.29. The molecule has 0 saturated carbocycles. The van der Waals surface area contributed by atoms with E-state index < -0.39 is 0 Å². The number of nitrogens with zero attached hydrogens (tertiary/aromatic N) is 2. The lowest BCUT2D eigenvalue weighted by atomic mass is 9.98. The fourth-order valence-electron chi connectivity index (χ4n) is 3.90. The summed E-state index contributed by atoms with van der Waals surface area (Å²) in [4.78, 5) is 28.2. The average Bonchev–Trinajstić information content (AvgIpc) is 3.36. The lowest BCUT2D eigenvalue weighted by molar-refractivity contribution is -0.151. The number of carbonyl (C=O) groups excluding carboxylic acids is 2. The molecule has 146 valence electrons. The maximum Gasteiger partial charge on any atom is 0.310 e. The van der Waals surface area contributed by atoms with Crippen LogP contribution in [0.5, 0.6) is 0 Å². The first-order valence-electron chi connectivity index (χ1n) is 9.74. The number of aromatic nitrogens is 1. The molecule has 6 heteroatoms. The molecule has 1 atom stereocenters. The molecule has 0 unspecified atom stereocenters. The van der Waals surface area contributed by atoms with E-state index in [1.54, 1.807) is 11.3 Å². The minimum atomic E-state index is -0.212. The van der Waals surface area contributed by atoms with Crippen LogP contribution >= 0.6 is 11.3 Å². The van der Waals surface area contributed by atoms with E-state index in [2.05, 4.69) is 28.8 Å². The van der Waals surface area contributed by atoms with Crippen LogP contribution in [-0.2, 0) is 20.9 Å². The van der Waals surface area contributed by atoms with Gasteiger partial charge in [0.2, 0.25) is 5.91 Å². The highest BCUT2D eigenvalue weighted by Crippen LogP contribution is 2.31. The van der Waals surface area contributed by atoms with Gasteiger partial charge in [0.1, 0.15) is 6.54 Å². The quantitative estimate of drug-likeness (QED) is 0.608. The molecule has 0 spiro atoms. The highest BCUT2D eigenvalue weighted by molar-refractivity contribution is 7.13. The van der Waals surface area contributed by atoms with Gasteiger partial charge < -0.3 is 14.2 Å². The Bertz CT molecular complexity index is 977. The molecular formula is C22H24N2O3S. The molecule has 1 aliphatic heterocycles. The predicted molar refractivity (Wildman–Crippen MR) is 111 cm³/mol. The van der Waals surface area contributed by atoms with Crippen LogP contribution < -0.4 is 0 Å². The molecule has 28 heavy (non-hydrogen) atoms. The van der Waals surface area contributed by atoms with Gasteiger partial charge in [-0.1, -0.05) is 24.3 Å². The summed E-state index contributed by atoms with van der Waals surface area (Å²) < 4.78 is 7.26. The normalized spacial score (nSPS) is 17.0. The Morgan fingerprint density at radius 3 is 2.86 bits per heavy atom. The van der Waals surface area contributed by atoms with Gasteiger partial charge in [-0.15, -0.1) is 11.3 Å². The summed E-state index contributed by atoms with van der Waals surface area (Å²) in [5, 5.41) is 3.18. The van der Waals surface area contributed by atoms with E-state index >= 15 is 0 Å². The number of benzene rings is 1. The fourth-order valence-corrected chi connectivity index (χ4v) is 4.65. The molecule has 0 aliphatic carbocycles. The molecule has 0 N–H and O–H groups in total. The molecule has 1 saturated heterocycles. The van der Waals surface area contributed by atoms with Crippen LogP contribution in [0.15, 0.2) is 47.8 Å². The molecule has 4 rings (SSSR count). The number of hydrogen-bond acceptors (Lipinski definition) is 4. The van der Waals surface area contributed by atoms with Crippen molar-refractivity contribution >= 4 is 34.1 Å². The van der Waals surface area contributed by atoms with Gasteiger partial charge in [0, 0.05) is 24.0 Å². The monoisotopic (exact) mass is 396 g/mol. The van der Waals surface area contributed by atoms with Crippen molar-refractivity contribution in [3.8, 4) is 10.6 Å². The van der Waals surface area contributed by atoms with Gasteiger partial charge >= 0.3 is 5.97 Å². The van der Waals surface area contributed by atoms with Gasteiger partial charge in [-0.2, -0.15) is 0 Å². The van der Waals surface area contributed by atoms with Gasteiger partial charge in [-0.3, -0.25) is 9.59 Å². The number of esters is 1. The summed E-state index contributed by atoms with van der Waals surface area (Å²) in [6.45, 7) is 3.61. The SMILES string of the molecule is CCOC(=O)[C@H]1CCCN(C(=O)Cn2c(-c3cccs3)cc3ccccc32)C1. The Balaban J connectivity index is 1.58. The molecule has 5 nitrogen and oxygen atoms in total. The Morgan fingerprint density at radius 1 is 1.21 bits per heavy atom. The van der Waals surface area contributed by atoms with Gasteiger partial charge in [0.25, 0.3) is 0 Å². The Hall–Kier alpha value is -2.60. The van der Waals surface area contributed by atoms with E-state index in [-0.39, 0.29) is 24.3 Å². The van der Waals surface area contributed by atoms with Gasteiger partial charge in [-0.25, -0.2) is 0 Å². The van der Waals surface area contributed by atoms with Crippen LogP contribution in [0.4, 0.5) is 0 Å². The highest BCUT2D eigenvalue weighted by atomic mass is 32.1. The number of likely N-dealkylation sites (tertiary alicyclic amines) is 1. The van der Waals surface area contributed by atoms with Gasteiger partial charge in [0.05, 0.1) is 23.1 Å². The van der Waals surface area contributed by atoms with Crippen molar-refractivity contribution in [2.45, 2.75) is 26.3 Å². The topological polar surface area (TPSA) is 51.5 Å². The minimum absolute atomic E-state index is 0.0492. The van der Waals surface area contributed by atoms with Crippen molar-refractivity contribution in [3.05, 3.63) is 47.8 Å². The molecule has 3 aromatic rings. The smallest absolute Gasteiger partial charge is 0.310 e. The van der Waals surface area contributed by atoms with Crippen molar-refractivity contribution in [2.24, 2.45) is 5.92 Å². The maximum atomic E-state index is 13.1. The summed E-state index contributed by atoms with van der Waals surface area (Å²) >= 11 is 1.67. The zero-order chi connectivity index (χ0) is 19.5. The molecule has 1 aromatic carbocycles.